The molecule has 3 N–H and O–H groups in total. The van der Waals surface area contributed by atoms with Crippen LogP contribution in [0.15, 0.2) is 54.6 Å². The van der Waals surface area contributed by atoms with Gasteiger partial charge in [0.25, 0.3) is 5.91 Å². The number of carboxylic acid groups (broad SMARTS) is 1. The lowest BCUT2D eigenvalue weighted by Crippen LogP contribution is -2.42. The van der Waals surface area contributed by atoms with Crippen LogP contribution in [0.25, 0.3) is 0 Å². The topological polar surface area (TPSA) is 110 Å². The number of carbonyl (C=O) groups is 2. The van der Waals surface area contributed by atoms with Gasteiger partial charge < -0.3 is 25.2 Å². The van der Waals surface area contributed by atoms with Gasteiger partial charge in [-0.3, -0.25) is 4.79 Å². The molecule has 0 aliphatic carbocycles. The van der Waals surface area contributed by atoms with Gasteiger partial charge in [-0.15, -0.1) is 0 Å². The van der Waals surface area contributed by atoms with E-state index in [0.717, 1.165) is 29.9 Å². The number of nitrogens with zero attached hydrogens (tertiary/aromatic N) is 1. The Morgan fingerprint density at radius 1 is 1.19 bits per heavy atom. The minimum Gasteiger partial charge on any atom is -0.493 e. The van der Waals surface area contributed by atoms with Crippen molar-refractivity contribution in [1.82, 2.24) is 10.3 Å². The quantitative estimate of drug-likeness (QED) is 0.396. The number of hydrogen-bond acceptors (Lipinski definition) is 6. The summed E-state index contributed by atoms with van der Waals surface area (Å²) < 4.78 is 25.0. The summed E-state index contributed by atoms with van der Waals surface area (Å²) in [5, 5.41) is 15.4. The number of pyridine rings is 1. The van der Waals surface area contributed by atoms with Crippen molar-refractivity contribution in [2.24, 2.45) is 0 Å². The summed E-state index contributed by atoms with van der Waals surface area (Å²) in [4.78, 5) is 29.0. The molecule has 0 saturated carbocycles. The Morgan fingerprint density at radius 3 is 2.75 bits per heavy atom. The van der Waals surface area contributed by atoms with Crippen molar-refractivity contribution in [3.05, 3.63) is 82.8 Å². The van der Waals surface area contributed by atoms with Crippen LogP contribution in [0.1, 0.15) is 34.1 Å². The maximum absolute atomic E-state index is 13.7. The fourth-order valence-electron chi connectivity index (χ4n) is 3.93. The molecule has 0 bridgehead atoms. The highest BCUT2D eigenvalue weighted by molar-refractivity contribution is 5.98. The molecule has 1 amide bonds. The molecule has 0 fully saturated rings. The first-order chi connectivity index (χ1) is 17.4. The molecule has 0 radical (unpaired) electrons. The van der Waals surface area contributed by atoms with Gasteiger partial charge in [-0.25, -0.2) is 14.2 Å². The maximum Gasteiger partial charge on any atom is 0.326 e. The molecule has 3 aromatic rings. The lowest BCUT2D eigenvalue weighted by molar-refractivity contribution is -0.139. The number of amides is 1. The number of aryl methyl sites for hydroxylation is 1. The summed E-state index contributed by atoms with van der Waals surface area (Å²) in [6.45, 7) is 3.62. The number of aromatic nitrogens is 1. The summed E-state index contributed by atoms with van der Waals surface area (Å²) in [6.07, 6.45) is 1.21. The molecular formula is C27H28FN3O5. The van der Waals surface area contributed by atoms with Gasteiger partial charge in [-0.1, -0.05) is 25.1 Å². The van der Waals surface area contributed by atoms with Crippen LogP contribution < -0.4 is 20.1 Å². The second-order valence-electron chi connectivity index (χ2n) is 8.39. The largest absolute Gasteiger partial charge is 0.493 e. The predicted molar refractivity (Wildman–Crippen MR) is 132 cm³/mol. The molecule has 9 heteroatoms. The van der Waals surface area contributed by atoms with E-state index in [1.54, 1.807) is 24.3 Å². The van der Waals surface area contributed by atoms with Gasteiger partial charge >= 0.3 is 5.97 Å². The van der Waals surface area contributed by atoms with E-state index < -0.39 is 23.7 Å². The summed E-state index contributed by atoms with van der Waals surface area (Å²) in [5.41, 5.74) is 2.39. The van der Waals surface area contributed by atoms with Crippen LogP contribution in [0.2, 0.25) is 0 Å². The number of halogens is 1. The first-order valence-electron chi connectivity index (χ1n) is 11.8. The molecule has 0 saturated heterocycles. The Kier molecular flexibility index (Phi) is 7.99. The van der Waals surface area contributed by atoms with Crippen molar-refractivity contribution < 1.29 is 28.6 Å². The molecule has 36 heavy (non-hydrogen) atoms. The molecule has 8 nitrogen and oxygen atoms in total. The molecule has 2 heterocycles. The minimum absolute atomic E-state index is 0.0756. The van der Waals surface area contributed by atoms with Gasteiger partial charge in [0.1, 0.15) is 24.2 Å². The minimum atomic E-state index is -1.17. The second kappa shape index (κ2) is 11.5. The molecule has 0 unspecified atom stereocenters. The number of ether oxygens (including phenoxy) is 2. The number of aliphatic carboxylic acids is 1. The number of carbonyl (C=O) groups excluding carboxylic acids is 1. The van der Waals surface area contributed by atoms with Crippen molar-refractivity contribution in [1.29, 1.82) is 0 Å². The smallest absolute Gasteiger partial charge is 0.326 e. The normalized spacial score (nSPS) is 13.1. The Morgan fingerprint density at radius 2 is 2.00 bits per heavy atom. The average molecular weight is 494 g/mol. The summed E-state index contributed by atoms with van der Waals surface area (Å²) in [5.74, 6) is -0.202. The third-order valence-corrected chi connectivity index (χ3v) is 5.86. The molecule has 1 atom stereocenters. The highest BCUT2D eigenvalue weighted by atomic mass is 19.1. The molecule has 4 rings (SSSR count). The van der Waals surface area contributed by atoms with Gasteiger partial charge in [0, 0.05) is 24.1 Å². The van der Waals surface area contributed by atoms with E-state index in [9.17, 15) is 19.1 Å². The third-order valence-electron chi connectivity index (χ3n) is 5.86. The van der Waals surface area contributed by atoms with E-state index in [-0.39, 0.29) is 12.0 Å². The van der Waals surface area contributed by atoms with E-state index >= 15 is 0 Å². The zero-order valence-electron chi connectivity index (χ0n) is 19.9. The molecule has 2 aromatic carbocycles. The average Bonchev–Trinajstić information content (AvgIpc) is 2.89. The Balaban J connectivity index is 1.32. The zero-order valence-corrected chi connectivity index (χ0v) is 19.9. The number of anilines is 1. The molecule has 0 spiro atoms. The van der Waals surface area contributed by atoms with Crippen LogP contribution in [0.5, 0.6) is 11.5 Å². The second-order valence-corrected chi connectivity index (χ2v) is 8.39. The van der Waals surface area contributed by atoms with Gasteiger partial charge in [0.15, 0.2) is 11.6 Å². The van der Waals surface area contributed by atoms with Crippen LogP contribution >= 0.6 is 0 Å². The van der Waals surface area contributed by atoms with Crippen LogP contribution in [0, 0.1) is 5.82 Å². The van der Waals surface area contributed by atoms with Crippen LogP contribution in [-0.2, 0) is 24.1 Å². The standard InChI is InChI=1S/C27H28FN3O5/c1-2-18-5-6-19(28)16-22(18)26(32)31-23(27(33)34)15-17-3-8-21(9-4-17)35-13-11-20-7-10-24-25(30-20)29-12-14-36-24/h3-10,16,23H,2,11-15H2,1H3,(H,29,30)(H,31,32)(H,33,34)/t23-/m0/s1. The number of nitrogens with one attached hydrogen (secondary N) is 2. The molecule has 1 aliphatic rings. The maximum atomic E-state index is 13.7. The highest BCUT2D eigenvalue weighted by Gasteiger charge is 2.23. The number of benzene rings is 2. The van der Waals surface area contributed by atoms with E-state index in [4.69, 9.17) is 9.47 Å². The molecule has 1 aromatic heterocycles. The van der Waals surface area contributed by atoms with E-state index in [0.29, 0.717) is 42.9 Å². The third kappa shape index (κ3) is 6.29. The number of hydrogen-bond donors (Lipinski definition) is 3. The van der Waals surface area contributed by atoms with E-state index in [1.807, 2.05) is 19.1 Å². The fraction of sp³-hybridized carbons (Fsp3) is 0.296. The molecule has 188 valence electrons. The van der Waals surface area contributed by atoms with Gasteiger partial charge in [-0.2, -0.15) is 0 Å². The number of carboxylic acids is 1. The monoisotopic (exact) mass is 493 g/mol. The van der Waals surface area contributed by atoms with E-state index in [1.165, 1.54) is 12.1 Å². The Labute approximate surface area is 208 Å². The summed E-state index contributed by atoms with van der Waals surface area (Å²) >= 11 is 0. The van der Waals surface area contributed by atoms with Crippen LogP contribution in [0.4, 0.5) is 10.2 Å². The Bertz CT molecular complexity index is 1230. The van der Waals surface area contributed by atoms with Crippen molar-refractivity contribution in [3.8, 4) is 11.5 Å². The zero-order chi connectivity index (χ0) is 25.5. The highest BCUT2D eigenvalue weighted by Crippen LogP contribution is 2.25. The summed E-state index contributed by atoms with van der Waals surface area (Å²) in [7, 11) is 0. The SMILES string of the molecule is CCc1ccc(F)cc1C(=O)N[C@@H](Cc1ccc(OCCc2ccc3c(n2)NCCO3)cc1)C(=O)O. The first-order valence-corrected chi connectivity index (χ1v) is 11.8. The van der Waals surface area contributed by atoms with Gasteiger partial charge in [0.05, 0.1) is 13.2 Å². The molecular weight excluding hydrogens is 465 g/mol. The number of fused-ring (bicyclic) bond motifs is 1. The predicted octanol–water partition coefficient (Wildman–Crippen LogP) is 3.63. The Hall–Kier alpha value is -4.14. The van der Waals surface area contributed by atoms with E-state index in [2.05, 4.69) is 15.6 Å². The van der Waals surface area contributed by atoms with Gasteiger partial charge in [0.2, 0.25) is 0 Å². The lowest BCUT2D eigenvalue weighted by atomic mass is 10.0. The summed E-state index contributed by atoms with van der Waals surface area (Å²) in [6, 6.07) is 13.6. The van der Waals surface area contributed by atoms with Crippen molar-refractivity contribution in [2.45, 2.75) is 32.2 Å². The fourth-order valence-corrected chi connectivity index (χ4v) is 3.93. The van der Waals surface area contributed by atoms with Crippen molar-refractivity contribution in [2.75, 3.05) is 25.1 Å². The number of rotatable bonds is 10. The van der Waals surface area contributed by atoms with Gasteiger partial charge in [-0.05, 0) is 53.9 Å². The van der Waals surface area contributed by atoms with Crippen LogP contribution in [0.3, 0.4) is 0 Å². The van der Waals surface area contributed by atoms with Crippen molar-refractivity contribution in [3.63, 3.8) is 0 Å². The van der Waals surface area contributed by atoms with Crippen molar-refractivity contribution >= 4 is 17.7 Å². The lowest BCUT2D eigenvalue weighted by Gasteiger charge is -2.18. The first kappa shape index (κ1) is 25.0. The molecule has 1 aliphatic heterocycles. The van der Waals surface area contributed by atoms with Crippen LogP contribution in [-0.4, -0.2) is 47.8 Å².